The fourth-order valence-corrected chi connectivity index (χ4v) is 2.59. The van der Waals surface area contributed by atoms with E-state index < -0.39 is 0 Å². The Kier molecular flexibility index (Phi) is 3.37. The summed E-state index contributed by atoms with van der Waals surface area (Å²) in [5, 5.41) is 0. The van der Waals surface area contributed by atoms with Crippen LogP contribution in [0, 0.1) is 0 Å². The quantitative estimate of drug-likeness (QED) is 0.839. The summed E-state index contributed by atoms with van der Waals surface area (Å²) < 4.78 is 5.40. The van der Waals surface area contributed by atoms with Crippen LogP contribution in [0.3, 0.4) is 0 Å². The molecule has 0 saturated carbocycles. The Hall–Kier alpha value is -2.36. The highest BCUT2D eigenvalue weighted by Crippen LogP contribution is 2.28. The zero-order chi connectivity index (χ0) is 13.9. The van der Waals surface area contributed by atoms with E-state index in [-0.39, 0.29) is 5.91 Å². The van der Waals surface area contributed by atoms with Gasteiger partial charge in [-0.25, -0.2) is 0 Å². The monoisotopic (exact) mass is 268 g/mol. The van der Waals surface area contributed by atoms with Crippen molar-refractivity contribution in [2.45, 2.75) is 13.0 Å². The molecule has 0 bridgehead atoms. The minimum absolute atomic E-state index is 0.0228. The van der Waals surface area contributed by atoms with E-state index in [0.29, 0.717) is 12.1 Å². The lowest BCUT2D eigenvalue weighted by atomic mass is 9.98. The minimum Gasteiger partial charge on any atom is -0.496 e. The molecule has 0 unspecified atom stereocenters. The van der Waals surface area contributed by atoms with Gasteiger partial charge in [0, 0.05) is 31.0 Å². The smallest absolute Gasteiger partial charge is 0.255 e. The number of carbonyl (C=O) groups excluding carboxylic acids is 1. The molecular weight excluding hydrogens is 252 g/mol. The maximum absolute atomic E-state index is 12.5. The molecule has 2 aromatic rings. The molecule has 1 amide bonds. The molecule has 0 N–H and O–H groups in total. The zero-order valence-corrected chi connectivity index (χ0v) is 11.4. The molecule has 0 radical (unpaired) electrons. The number of fused-ring (bicyclic) bond motifs is 1. The Morgan fingerprint density at radius 1 is 1.30 bits per heavy atom. The number of amides is 1. The van der Waals surface area contributed by atoms with E-state index >= 15 is 0 Å². The average molecular weight is 268 g/mol. The lowest BCUT2D eigenvalue weighted by Crippen LogP contribution is -2.36. The van der Waals surface area contributed by atoms with Gasteiger partial charge < -0.3 is 9.64 Å². The van der Waals surface area contributed by atoms with E-state index in [9.17, 15) is 4.79 Å². The van der Waals surface area contributed by atoms with Gasteiger partial charge in [-0.1, -0.05) is 12.1 Å². The molecule has 4 heteroatoms. The van der Waals surface area contributed by atoms with E-state index in [1.807, 2.05) is 17.0 Å². The molecular formula is C16H16N2O2. The molecule has 3 rings (SSSR count). The van der Waals surface area contributed by atoms with E-state index in [2.05, 4.69) is 11.1 Å². The van der Waals surface area contributed by atoms with E-state index in [0.717, 1.165) is 24.3 Å². The molecule has 0 aliphatic carbocycles. The van der Waals surface area contributed by atoms with Crippen LogP contribution in [0.5, 0.6) is 5.75 Å². The topological polar surface area (TPSA) is 42.4 Å². The summed E-state index contributed by atoms with van der Waals surface area (Å²) in [6.45, 7) is 1.32. The number of hydrogen-bond donors (Lipinski definition) is 0. The number of ether oxygens (including phenoxy) is 1. The predicted octanol–water partition coefficient (Wildman–Crippen LogP) is 2.29. The van der Waals surface area contributed by atoms with Crippen LogP contribution in [0.4, 0.5) is 0 Å². The number of carbonyl (C=O) groups is 1. The number of rotatable bonds is 2. The number of benzene rings is 1. The van der Waals surface area contributed by atoms with Crippen LogP contribution in [0.1, 0.15) is 21.5 Å². The van der Waals surface area contributed by atoms with Gasteiger partial charge in [-0.15, -0.1) is 0 Å². The molecule has 1 aliphatic heterocycles. The Labute approximate surface area is 118 Å². The largest absolute Gasteiger partial charge is 0.496 e. The summed E-state index contributed by atoms with van der Waals surface area (Å²) in [6, 6.07) is 9.62. The van der Waals surface area contributed by atoms with Gasteiger partial charge in [0.1, 0.15) is 5.75 Å². The third-order valence-electron chi connectivity index (χ3n) is 3.65. The molecule has 1 aliphatic rings. The van der Waals surface area contributed by atoms with Gasteiger partial charge in [0.25, 0.3) is 5.91 Å². The highest BCUT2D eigenvalue weighted by molar-refractivity contribution is 5.94. The summed E-state index contributed by atoms with van der Waals surface area (Å²) in [6.07, 6.45) is 4.14. The summed E-state index contributed by atoms with van der Waals surface area (Å²) in [5.41, 5.74) is 3.00. The third-order valence-corrected chi connectivity index (χ3v) is 3.65. The molecule has 0 saturated heterocycles. The minimum atomic E-state index is 0.0228. The van der Waals surface area contributed by atoms with Crippen molar-refractivity contribution in [3.8, 4) is 5.75 Å². The molecule has 0 atom stereocenters. The Morgan fingerprint density at radius 2 is 2.20 bits per heavy atom. The standard InChI is InChI=1S/C16H16N2O2/c1-20-15-6-2-4-12-7-9-18(11-14(12)15)16(19)13-5-3-8-17-10-13/h2-6,8,10H,7,9,11H2,1H3. The van der Waals surface area contributed by atoms with Gasteiger partial charge in [0.05, 0.1) is 12.7 Å². The van der Waals surface area contributed by atoms with Crippen molar-refractivity contribution in [2.75, 3.05) is 13.7 Å². The fraction of sp³-hybridized carbons (Fsp3) is 0.250. The van der Waals surface area contributed by atoms with Crippen molar-refractivity contribution >= 4 is 5.91 Å². The Balaban J connectivity index is 1.87. The highest BCUT2D eigenvalue weighted by atomic mass is 16.5. The first kappa shape index (κ1) is 12.7. The maximum Gasteiger partial charge on any atom is 0.255 e. The van der Waals surface area contributed by atoms with Crippen LogP contribution in [0.25, 0.3) is 0 Å². The van der Waals surface area contributed by atoms with Crippen LogP contribution in [-0.2, 0) is 13.0 Å². The van der Waals surface area contributed by atoms with Crippen molar-refractivity contribution in [3.63, 3.8) is 0 Å². The number of pyridine rings is 1. The lowest BCUT2D eigenvalue weighted by molar-refractivity contribution is 0.0733. The van der Waals surface area contributed by atoms with Crippen LogP contribution in [0.2, 0.25) is 0 Å². The summed E-state index contributed by atoms with van der Waals surface area (Å²) in [5.74, 6) is 0.876. The van der Waals surface area contributed by atoms with Crippen molar-refractivity contribution in [1.82, 2.24) is 9.88 Å². The second-order valence-corrected chi connectivity index (χ2v) is 4.82. The average Bonchev–Trinajstić information content (AvgIpc) is 2.54. The molecule has 2 heterocycles. The summed E-state index contributed by atoms with van der Waals surface area (Å²) >= 11 is 0. The molecule has 0 spiro atoms. The molecule has 20 heavy (non-hydrogen) atoms. The number of hydrogen-bond acceptors (Lipinski definition) is 3. The molecule has 1 aromatic heterocycles. The first-order valence-corrected chi connectivity index (χ1v) is 6.63. The number of nitrogens with zero attached hydrogens (tertiary/aromatic N) is 2. The van der Waals surface area contributed by atoms with Gasteiger partial charge in [-0.2, -0.15) is 0 Å². The van der Waals surface area contributed by atoms with E-state index in [1.54, 1.807) is 31.6 Å². The normalized spacial score (nSPS) is 13.8. The van der Waals surface area contributed by atoms with Gasteiger partial charge in [-0.3, -0.25) is 9.78 Å². The van der Waals surface area contributed by atoms with Crippen molar-refractivity contribution in [2.24, 2.45) is 0 Å². The number of aromatic nitrogens is 1. The van der Waals surface area contributed by atoms with Crippen molar-refractivity contribution < 1.29 is 9.53 Å². The summed E-state index contributed by atoms with van der Waals surface area (Å²) in [7, 11) is 1.66. The van der Waals surface area contributed by atoms with E-state index in [4.69, 9.17) is 4.74 Å². The molecule has 102 valence electrons. The first-order valence-electron chi connectivity index (χ1n) is 6.63. The van der Waals surface area contributed by atoms with Crippen molar-refractivity contribution in [3.05, 3.63) is 59.4 Å². The van der Waals surface area contributed by atoms with Crippen LogP contribution < -0.4 is 4.74 Å². The van der Waals surface area contributed by atoms with Gasteiger partial charge >= 0.3 is 0 Å². The maximum atomic E-state index is 12.5. The van der Waals surface area contributed by atoms with Crippen LogP contribution in [-0.4, -0.2) is 29.4 Å². The Morgan fingerprint density at radius 3 is 2.95 bits per heavy atom. The van der Waals surface area contributed by atoms with Gasteiger partial charge in [0.15, 0.2) is 0 Å². The fourth-order valence-electron chi connectivity index (χ4n) is 2.59. The second kappa shape index (κ2) is 5.33. The first-order chi connectivity index (χ1) is 9.79. The molecule has 0 fully saturated rings. The second-order valence-electron chi connectivity index (χ2n) is 4.82. The highest BCUT2D eigenvalue weighted by Gasteiger charge is 2.23. The summed E-state index contributed by atoms with van der Waals surface area (Å²) in [4.78, 5) is 18.3. The van der Waals surface area contributed by atoms with Gasteiger partial charge in [0.2, 0.25) is 0 Å². The third kappa shape index (κ3) is 2.25. The zero-order valence-electron chi connectivity index (χ0n) is 11.4. The van der Waals surface area contributed by atoms with Crippen LogP contribution in [0.15, 0.2) is 42.7 Å². The van der Waals surface area contributed by atoms with Gasteiger partial charge in [-0.05, 0) is 30.2 Å². The van der Waals surface area contributed by atoms with Crippen LogP contribution >= 0.6 is 0 Å². The van der Waals surface area contributed by atoms with E-state index in [1.165, 1.54) is 5.56 Å². The Bertz CT molecular complexity index is 611. The molecule has 1 aromatic carbocycles. The van der Waals surface area contributed by atoms with Crippen molar-refractivity contribution in [1.29, 1.82) is 0 Å². The lowest BCUT2D eigenvalue weighted by Gasteiger charge is -2.29. The predicted molar refractivity (Wildman–Crippen MR) is 75.7 cm³/mol. The molecule has 4 nitrogen and oxygen atoms in total. The number of methoxy groups -OCH3 is 1. The SMILES string of the molecule is COc1cccc2c1CN(C(=O)c1cccnc1)CC2.